The minimum atomic E-state index is -0.412. The molecule has 1 aliphatic heterocycles. The largest absolute Gasteiger partial charge is 0.489 e. The van der Waals surface area contributed by atoms with E-state index in [0.717, 1.165) is 12.8 Å². The first-order valence-corrected chi connectivity index (χ1v) is 6.42. The average Bonchev–Trinajstić information content (AvgIpc) is 2.84. The number of hydrogen-bond donors (Lipinski definition) is 0. The Balaban J connectivity index is 1.88. The topological polar surface area (TPSA) is 44.8 Å². The van der Waals surface area contributed by atoms with Gasteiger partial charge in [-0.15, -0.1) is 0 Å². The number of ether oxygens (including phenoxy) is 3. The lowest BCUT2D eigenvalue weighted by Crippen LogP contribution is -2.19. The Morgan fingerprint density at radius 3 is 2.78 bits per heavy atom. The minimum Gasteiger partial charge on any atom is -0.489 e. The number of esters is 1. The number of halogens is 1. The maximum atomic E-state index is 11.5. The Hall–Kier alpha value is -1.42. The van der Waals surface area contributed by atoms with Crippen LogP contribution in [0.4, 0.5) is 0 Å². The maximum Gasteiger partial charge on any atom is 0.344 e. The van der Waals surface area contributed by atoms with Gasteiger partial charge >= 0.3 is 5.97 Å². The van der Waals surface area contributed by atoms with Gasteiger partial charge < -0.3 is 14.2 Å². The van der Waals surface area contributed by atoms with Crippen LogP contribution in [0.25, 0.3) is 0 Å². The molecule has 0 radical (unpaired) electrons. The summed E-state index contributed by atoms with van der Waals surface area (Å²) in [6.45, 7) is -0.0592. The van der Waals surface area contributed by atoms with Gasteiger partial charge in [0.15, 0.2) is 0 Å². The molecule has 1 saturated carbocycles. The van der Waals surface area contributed by atoms with Crippen molar-refractivity contribution in [2.75, 3.05) is 6.79 Å². The summed E-state index contributed by atoms with van der Waals surface area (Å²) in [6.07, 6.45) is 4.70. The monoisotopic (exact) mass is 268 g/mol. The maximum absolute atomic E-state index is 11.5. The Morgan fingerprint density at radius 1 is 1.22 bits per heavy atom. The highest BCUT2D eigenvalue weighted by Crippen LogP contribution is 2.36. The van der Waals surface area contributed by atoms with Crippen LogP contribution in [0.15, 0.2) is 12.1 Å². The fourth-order valence-electron chi connectivity index (χ4n) is 2.31. The van der Waals surface area contributed by atoms with Crippen molar-refractivity contribution >= 4 is 17.6 Å². The normalized spacial score (nSPS) is 19.1. The molecule has 2 aliphatic rings. The molecule has 3 rings (SSSR count). The van der Waals surface area contributed by atoms with Crippen molar-refractivity contribution in [1.82, 2.24) is 0 Å². The summed E-state index contributed by atoms with van der Waals surface area (Å²) in [6, 6.07) is 3.22. The smallest absolute Gasteiger partial charge is 0.344 e. The lowest BCUT2D eigenvalue weighted by atomic mass is 10.2. The van der Waals surface area contributed by atoms with E-state index in [1.165, 1.54) is 12.8 Å². The van der Waals surface area contributed by atoms with Crippen molar-refractivity contribution in [3.63, 3.8) is 0 Å². The second kappa shape index (κ2) is 4.69. The van der Waals surface area contributed by atoms with Crippen LogP contribution in [0.3, 0.4) is 0 Å². The van der Waals surface area contributed by atoms with Crippen LogP contribution in [0.5, 0.6) is 11.5 Å². The lowest BCUT2D eigenvalue weighted by molar-refractivity contribution is 0.00478. The lowest BCUT2D eigenvalue weighted by Gasteiger charge is -2.20. The van der Waals surface area contributed by atoms with Crippen LogP contribution in [-0.4, -0.2) is 18.9 Å². The van der Waals surface area contributed by atoms with Crippen LogP contribution in [0, 0.1) is 0 Å². The fraction of sp³-hybridized carbons (Fsp3) is 0.462. The van der Waals surface area contributed by atoms with E-state index in [9.17, 15) is 4.79 Å². The number of rotatable bonds is 2. The van der Waals surface area contributed by atoms with Crippen molar-refractivity contribution in [1.29, 1.82) is 0 Å². The standard InChI is InChI=1S/C13H13ClO4/c14-10-5-9-11(16-7-17-13(9)15)6-12(10)18-8-3-1-2-4-8/h5-6,8H,1-4,7H2. The Kier molecular flexibility index (Phi) is 3.04. The Morgan fingerprint density at radius 2 is 2.00 bits per heavy atom. The molecule has 1 aromatic carbocycles. The van der Waals surface area contributed by atoms with E-state index in [1.54, 1.807) is 12.1 Å². The molecule has 4 nitrogen and oxygen atoms in total. The van der Waals surface area contributed by atoms with Crippen LogP contribution < -0.4 is 9.47 Å². The van der Waals surface area contributed by atoms with Crippen molar-refractivity contribution in [3.05, 3.63) is 22.7 Å². The zero-order valence-corrected chi connectivity index (χ0v) is 10.5. The number of fused-ring (bicyclic) bond motifs is 1. The predicted molar refractivity (Wildman–Crippen MR) is 65.2 cm³/mol. The number of carbonyl (C=O) groups is 1. The summed E-state index contributed by atoms with van der Waals surface area (Å²) in [5, 5.41) is 0.420. The molecule has 5 heteroatoms. The number of benzene rings is 1. The molecule has 1 fully saturated rings. The molecule has 96 valence electrons. The van der Waals surface area contributed by atoms with Crippen molar-refractivity contribution < 1.29 is 19.0 Å². The van der Waals surface area contributed by atoms with Crippen molar-refractivity contribution in [2.24, 2.45) is 0 Å². The van der Waals surface area contributed by atoms with Gasteiger partial charge in [-0.3, -0.25) is 0 Å². The predicted octanol–water partition coefficient (Wildman–Crippen LogP) is 3.17. The second-order valence-electron chi connectivity index (χ2n) is 4.50. The van der Waals surface area contributed by atoms with E-state index in [0.29, 0.717) is 22.1 Å². The van der Waals surface area contributed by atoms with E-state index >= 15 is 0 Å². The van der Waals surface area contributed by atoms with E-state index < -0.39 is 5.97 Å². The number of hydrogen-bond acceptors (Lipinski definition) is 4. The third-order valence-corrected chi connectivity index (χ3v) is 3.55. The first-order chi connectivity index (χ1) is 8.74. The summed E-state index contributed by atoms with van der Waals surface area (Å²) < 4.78 is 15.9. The summed E-state index contributed by atoms with van der Waals surface area (Å²) in [5.41, 5.74) is 0.352. The first kappa shape index (κ1) is 11.7. The Labute approximate surface area is 110 Å². The van der Waals surface area contributed by atoms with E-state index in [-0.39, 0.29) is 12.9 Å². The SMILES string of the molecule is O=C1OCOc2cc(OC3CCCC3)c(Cl)cc21. The van der Waals surface area contributed by atoms with Crippen LogP contribution in [0.2, 0.25) is 5.02 Å². The molecule has 1 aromatic rings. The van der Waals surface area contributed by atoms with Crippen LogP contribution in [0.1, 0.15) is 36.0 Å². The first-order valence-electron chi connectivity index (χ1n) is 6.04. The third-order valence-electron chi connectivity index (χ3n) is 3.25. The molecule has 0 spiro atoms. The third kappa shape index (κ3) is 2.12. The highest BCUT2D eigenvalue weighted by Gasteiger charge is 2.24. The van der Waals surface area contributed by atoms with Crippen LogP contribution in [-0.2, 0) is 4.74 Å². The molecule has 18 heavy (non-hydrogen) atoms. The van der Waals surface area contributed by atoms with Crippen LogP contribution >= 0.6 is 11.6 Å². The van der Waals surface area contributed by atoms with Crippen molar-refractivity contribution in [2.45, 2.75) is 31.8 Å². The summed E-state index contributed by atoms with van der Waals surface area (Å²) >= 11 is 6.12. The zero-order valence-electron chi connectivity index (χ0n) is 9.78. The highest BCUT2D eigenvalue weighted by atomic mass is 35.5. The molecule has 0 unspecified atom stereocenters. The highest BCUT2D eigenvalue weighted by molar-refractivity contribution is 6.32. The molecule has 0 aromatic heterocycles. The molecule has 1 aliphatic carbocycles. The molecule has 0 N–H and O–H groups in total. The van der Waals surface area contributed by atoms with Gasteiger partial charge in [0.2, 0.25) is 6.79 Å². The Bertz CT molecular complexity index is 480. The van der Waals surface area contributed by atoms with Crippen molar-refractivity contribution in [3.8, 4) is 11.5 Å². The summed E-state index contributed by atoms with van der Waals surface area (Å²) in [4.78, 5) is 11.5. The van der Waals surface area contributed by atoms with Gasteiger partial charge in [-0.05, 0) is 31.7 Å². The zero-order chi connectivity index (χ0) is 12.5. The molecular weight excluding hydrogens is 256 g/mol. The quantitative estimate of drug-likeness (QED) is 0.773. The van der Waals surface area contributed by atoms with Gasteiger partial charge in [0.1, 0.15) is 17.1 Å². The molecular formula is C13H13ClO4. The van der Waals surface area contributed by atoms with Gasteiger partial charge in [0.25, 0.3) is 0 Å². The minimum absolute atomic E-state index is 0.0592. The number of carbonyl (C=O) groups excluding carboxylic acids is 1. The molecule has 0 bridgehead atoms. The summed E-state index contributed by atoms with van der Waals surface area (Å²) in [5.74, 6) is 0.645. The van der Waals surface area contributed by atoms with Gasteiger partial charge in [-0.25, -0.2) is 4.79 Å². The van der Waals surface area contributed by atoms with E-state index in [1.807, 2.05) is 0 Å². The van der Waals surface area contributed by atoms with E-state index in [2.05, 4.69) is 0 Å². The molecule has 0 atom stereocenters. The fourth-order valence-corrected chi connectivity index (χ4v) is 2.52. The van der Waals surface area contributed by atoms with Gasteiger partial charge in [-0.1, -0.05) is 11.6 Å². The van der Waals surface area contributed by atoms with Gasteiger partial charge in [0.05, 0.1) is 11.1 Å². The van der Waals surface area contributed by atoms with E-state index in [4.69, 9.17) is 25.8 Å². The van der Waals surface area contributed by atoms with Gasteiger partial charge in [0, 0.05) is 6.07 Å². The van der Waals surface area contributed by atoms with Gasteiger partial charge in [-0.2, -0.15) is 0 Å². The average molecular weight is 269 g/mol. The number of cyclic esters (lactones) is 1. The second-order valence-corrected chi connectivity index (χ2v) is 4.90. The molecule has 0 amide bonds. The molecule has 1 heterocycles. The molecule has 0 saturated heterocycles. The summed E-state index contributed by atoms with van der Waals surface area (Å²) in [7, 11) is 0.